The number of anilines is 5. The van der Waals surface area contributed by atoms with Crippen molar-refractivity contribution in [1.82, 2.24) is 20.2 Å². The van der Waals surface area contributed by atoms with E-state index in [1.807, 2.05) is 25.9 Å². The topological polar surface area (TPSA) is 183 Å². The minimum atomic E-state index is -1.20. The second-order valence-corrected chi connectivity index (χ2v) is 10.7. The standard InChI is InChI=1S/C31H39N9O4/c1-6-16-33-27-24(19-34-30(38-27)37-21-14-12-20(13-15-21)26(32)42)28(43)35-22-9-7-10-23(18-22)36-29(44)31(2,3)39-25(41)11-8-17-40(4)5/h7-15,18-19H,6,16-17H2,1-5H3,(H2,32,42)(H,35,43)(H,36,44)(H,39,41)(H2,33,34,37,38)/b11-8+. The molecule has 3 aromatic rings. The number of likely N-dealkylation sites (N-methyl/N-ethyl adjacent to an activating group) is 1. The smallest absolute Gasteiger partial charge is 0.260 e. The summed E-state index contributed by atoms with van der Waals surface area (Å²) >= 11 is 0. The average molecular weight is 602 g/mol. The lowest BCUT2D eigenvalue weighted by Crippen LogP contribution is -2.51. The van der Waals surface area contributed by atoms with Gasteiger partial charge < -0.3 is 37.2 Å². The maximum atomic E-state index is 13.3. The predicted octanol–water partition coefficient (Wildman–Crippen LogP) is 3.34. The van der Waals surface area contributed by atoms with Crippen molar-refractivity contribution in [2.24, 2.45) is 5.73 Å². The highest BCUT2D eigenvalue weighted by atomic mass is 16.2. The highest BCUT2D eigenvalue weighted by Gasteiger charge is 2.29. The predicted molar refractivity (Wildman–Crippen MR) is 172 cm³/mol. The molecule has 44 heavy (non-hydrogen) atoms. The van der Waals surface area contributed by atoms with Gasteiger partial charge in [-0.2, -0.15) is 4.98 Å². The van der Waals surface area contributed by atoms with E-state index in [9.17, 15) is 19.2 Å². The van der Waals surface area contributed by atoms with Gasteiger partial charge in [-0.3, -0.25) is 19.2 Å². The summed E-state index contributed by atoms with van der Waals surface area (Å²) in [5.74, 6) is -1.22. The van der Waals surface area contributed by atoms with Gasteiger partial charge in [0.1, 0.15) is 16.9 Å². The van der Waals surface area contributed by atoms with E-state index in [0.717, 1.165) is 6.42 Å². The molecule has 1 heterocycles. The summed E-state index contributed by atoms with van der Waals surface area (Å²) in [6.07, 6.45) is 5.31. The van der Waals surface area contributed by atoms with Crippen LogP contribution in [0.25, 0.3) is 0 Å². The highest BCUT2D eigenvalue weighted by molar-refractivity contribution is 6.08. The van der Waals surface area contributed by atoms with Gasteiger partial charge in [-0.25, -0.2) is 4.98 Å². The van der Waals surface area contributed by atoms with E-state index in [-0.39, 0.29) is 17.4 Å². The Hall–Kier alpha value is -5.30. The Labute approximate surface area is 256 Å². The number of hydrogen-bond acceptors (Lipinski definition) is 9. The average Bonchev–Trinajstić information content (AvgIpc) is 2.96. The molecule has 0 atom stereocenters. The molecule has 3 rings (SSSR count). The van der Waals surface area contributed by atoms with E-state index in [2.05, 4.69) is 36.6 Å². The number of carbonyl (C=O) groups excluding carboxylic acids is 4. The molecule has 4 amide bonds. The fourth-order valence-electron chi connectivity index (χ4n) is 3.77. The van der Waals surface area contributed by atoms with E-state index >= 15 is 0 Å². The number of amides is 4. The van der Waals surface area contributed by atoms with E-state index in [0.29, 0.717) is 41.5 Å². The molecule has 0 aliphatic carbocycles. The molecule has 0 saturated carbocycles. The maximum absolute atomic E-state index is 13.3. The number of nitrogens with zero attached hydrogens (tertiary/aromatic N) is 3. The quantitative estimate of drug-likeness (QED) is 0.151. The number of aromatic nitrogens is 2. The summed E-state index contributed by atoms with van der Waals surface area (Å²) in [6, 6.07) is 13.2. The minimum Gasteiger partial charge on any atom is -0.369 e. The fraction of sp³-hybridized carbons (Fsp3) is 0.290. The Morgan fingerprint density at radius 3 is 2.30 bits per heavy atom. The van der Waals surface area contributed by atoms with E-state index < -0.39 is 23.3 Å². The second-order valence-electron chi connectivity index (χ2n) is 10.7. The number of hydrogen-bond donors (Lipinski definition) is 6. The SMILES string of the molecule is CCCNc1nc(Nc2ccc(C(N)=O)cc2)ncc1C(=O)Nc1cccc(NC(=O)C(C)(C)NC(=O)/C=C/CN(C)C)c1. The lowest BCUT2D eigenvalue weighted by atomic mass is 10.0. The second kappa shape index (κ2) is 15.3. The molecule has 13 nitrogen and oxygen atoms in total. The van der Waals surface area contributed by atoms with Gasteiger partial charge in [0.15, 0.2) is 0 Å². The molecular weight excluding hydrogens is 562 g/mol. The molecule has 0 bridgehead atoms. The first-order valence-electron chi connectivity index (χ1n) is 14.0. The van der Waals surface area contributed by atoms with Gasteiger partial charge in [0.05, 0.1) is 0 Å². The molecule has 0 aliphatic rings. The molecule has 0 radical (unpaired) electrons. The van der Waals surface area contributed by atoms with Crippen LogP contribution in [0.15, 0.2) is 66.9 Å². The van der Waals surface area contributed by atoms with Gasteiger partial charge in [-0.15, -0.1) is 0 Å². The van der Waals surface area contributed by atoms with E-state index in [1.54, 1.807) is 68.5 Å². The zero-order chi connectivity index (χ0) is 32.3. The van der Waals surface area contributed by atoms with Crippen molar-refractivity contribution in [3.63, 3.8) is 0 Å². The van der Waals surface area contributed by atoms with Crippen LogP contribution in [0.2, 0.25) is 0 Å². The molecule has 0 spiro atoms. The van der Waals surface area contributed by atoms with Crippen LogP contribution < -0.4 is 32.3 Å². The van der Waals surface area contributed by atoms with E-state index in [4.69, 9.17) is 5.73 Å². The summed E-state index contributed by atoms with van der Waals surface area (Å²) in [5.41, 5.74) is 6.19. The van der Waals surface area contributed by atoms with Gasteiger partial charge in [-0.05, 0) is 76.8 Å². The number of nitrogens with one attached hydrogen (secondary N) is 5. The Balaban J connectivity index is 1.70. The highest BCUT2D eigenvalue weighted by Crippen LogP contribution is 2.22. The summed E-state index contributed by atoms with van der Waals surface area (Å²) in [5, 5.41) is 14.5. The van der Waals surface area contributed by atoms with Gasteiger partial charge >= 0.3 is 0 Å². The largest absolute Gasteiger partial charge is 0.369 e. The number of primary amides is 1. The summed E-state index contributed by atoms with van der Waals surface area (Å²) in [7, 11) is 3.77. The molecule has 7 N–H and O–H groups in total. The van der Waals surface area contributed by atoms with Crippen molar-refractivity contribution in [1.29, 1.82) is 0 Å². The Kier molecular flexibility index (Phi) is 11.5. The Morgan fingerprint density at radius 1 is 0.977 bits per heavy atom. The summed E-state index contributed by atoms with van der Waals surface area (Å²) in [4.78, 5) is 60.5. The number of carbonyl (C=O) groups is 4. The van der Waals surface area contributed by atoms with Gasteiger partial charge in [-0.1, -0.05) is 19.1 Å². The van der Waals surface area contributed by atoms with Crippen LogP contribution in [-0.4, -0.2) is 71.2 Å². The monoisotopic (exact) mass is 601 g/mol. The van der Waals surface area contributed by atoms with Crippen molar-refractivity contribution in [3.8, 4) is 0 Å². The van der Waals surface area contributed by atoms with Crippen LogP contribution in [0.4, 0.5) is 28.8 Å². The third kappa shape index (κ3) is 9.91. The zero-order valence-corrected chi connectivity index (χ0v) is 25.5. The fourth-order valence-corrected chi connectivity index (χ4v) is 3.77. The molecule has 0 fully saturated rings. The van der Waals surface area contributed by atoms with Crippen LogP contribution >= 0.6 is 0 Å². The molecular formula is C31H39N9O4. The molecule has 13 heteroatoms. The molecule has 2 aromatic carbocycles. The summed E-state index contributed by atoms with van der Waals surface area (Å²) < 4.78 is 0. The van der Waals surface area contributed by atoms with Crippen LogP contribution in [0.5, 0.6) is 0 Å². The van der Waals surface area contributed by atoms with Crippen LogP contribution in [0.1, 0.15) is 47.9 Å². The first-order chi connectivity index (χ1) is 20.9. The molecule has 232 valence electrons. The Bertz CT molecular complexity index is 1520. The lowest BCUT2D eigenvalue weighted by molar-refractivity contribution is -0.126. The molecule has 0 unspecified atom stereocenters. The Morgan fingerprint density at radius 2 is 1.66 bits per heavy atom. The lowest BCUT2D eigenvalue weighted by Gasteiger charge is -2.24. The first kappa shape index (κ1) is 33.2. The molecule has 1 aromatic heterocycles. The van der Waals surface area contributed by atoms with Crippen molar-refractivity contribution >= 4 is 52.5 Å². The zero-order valence-electron chi connectivity index (χ0n) is 25.5. The normalized spacial score (nSPS) is 11.2. The molecule has 0 saturated heterocycles. The first-order valence-corrected chi connectivity index (χ1v) is 14.0. The van der Waals surface area contributed by atoms with Crippen LogP contribution in [0, 0.1) is 0 Å². The van der Waals surface area contributed by atoms with Gasteiger partial charge in [0.25, 0.3) is 5.91 Å². The third-order valence-corrected chi connectivity index (χ3v) is 6.12. The van der Waals surface area contributed by atoms with Crippen molar-refractivity contribution in [3.05, 3.63) is 78.0 Å². The molecule has 0 aliphatic heterocycles. The maximum Gasteiger partial charge on any atom is 0.260 e. The number of benzene rings is 2. The van der Waals surface area contributed by atoms with E-state index in [1.165, 1.54) is 12.3 Å². The van der Waals surface area contributed by atoms with Gasteiger partial charge in [0, 0.05) is 48.0 Å². The summed E-state index contributed by atoms with van der Waals surface area (Å²) in [6.45, 7) is 6.36. The van der Waals surface area contributed by atoms with Crippen LogP contribution in [0.3, 0.4) is 0 Å². The number of rotatable bonds is 14. The van der Waals surface area contributed by atoms with Gasteiger partial charge in [0.2, 0.25) is 23.7 Å². The van der Waals surface area contributed by atoms with Crippen LogP contribution in [-0.2, 0) is 9.59 Å². The third-order valence-electron chi connectivity index (χ3n) is 6.12. The van der Waals surface area contributed by atoms with Crippen molar-refractivity contribution in [2.75, 3.05) is 48.5 Å². The number of nitrogens with two attached hydrogens (primary N) is 1. The minimum absolute atomic E-state index is 0.216. The van der Waals surface area contributed by atoms with Crippen molar-refractivity contribution in [2.45, 2.75) is 32.7 Å². The van der Waals surface area contributed by atoms with Crippen molar-refractivity contribution < 1.29 is 19.2 Å².